The molecule has 1 N–H and O–H groups in total. The van der Waals surface area contributed by atoms with E-state index in [2.05, 4.69) is 5.32 Å². The van der Waals surface area contributed by atoms with Crippen LogP contribution in [0.3, 0.4) is 0 Å². The molecule has 2 aromatic carbocycles. The molecule has 0 saturated heterocycles. The average molecular weight is 358 g/mol. The Kier molecular flexibility index (Phi) is 6.72. The summed E-state index contributed by atoms with van der Waals surface area (Å²) < 4.78 is 18.0. The summed E-state index contributed by atoms with van der Waals surface area (Å²) >= 11 is 0. The summed E-state index contributed by atoms with van der Waals surface area (Å²) in [7, 11) is 1.58. The summed E-state index contributed by atoms with van der Waals surface area (Å²) in [5.74, 6) is -0.116. The monoisotopic (exact) mass is 358 g/mol. The quantitative estimate of drug-likeness (QED) is 0.827. The predicted molar refractivity (Wildman–Crippen MR) is 98.6 cm³/mol. The van der Waals surface area contributed by atoms with Crippen LogP contribution in [0, 0.1) is 5.82 Å². The van der Waals surface area contributed by atoms with E-state index in [0.29, 0.717) is 5.69 Å². The summed E-state index contributed by atoms with van der Waals surface area (Å²) in [6.07, 6.45) is 0.200. The van der Waals surface area contributed by atoms with Crippen LogP contribution in [0.25, 0.3) is 0 Å². The van der Waals surface area contributed by atoms with E-state index in [1.165, 1.54) is 29.2 Å². The maximum Gasteiger partial charge on any atom is 0.244 e. The number of halogens is 1. The summed E-state index contributed by atoms with van der Waals surface area (Å²) in [5.41, 5.74) is 1.34. The number of carbonyl (C=O) groups is 2. The highest BCUT2D eigenvalue weighted by Crippen LogP contribution is 2.14. The van der Waals surface area contributed by atoms with E-state index in [1.807, 2.05) is 26.0 Å². The van der Waals surface area contributed by atoms with Gasteiger partial charge in [0, 0.05) is 11.7 Å². The Labute approximate surface area is 152 Å². The number of benzene rings is 2. The van der Waals surface area contributed by atoms with Gasteiger partial charge in [0.05, 0.1) is 13.5 Å². The van der Waals surface area contributed by atoms with Crippen LogP contribution in [0.15, 0.2) is 48.5 Å². The molecule has 0 aliphatic heterocycles. The SMILES string of the molecule is COc1ccc(CC(=O)N(CC(=O)Nc2ccc(F)cc2)C(C)C)cc1. The molecule has 0 aliphatic carbocycles. The Morgan fingerprint density at radius 1 is 1.08 bits per heavy atom. The van der Waals surface area contributed by atoms with Gasteiger partial charge in [-0.2, -0.15) is 0 Å². The fraction of sp³-hybridized carbons (Fsp3) is 0.300. The van der Waals surface area contributed by atoms with Gasteiger partial charge in [-0.15, -0.1) is 0 Å². The normalized spacial score (nSPS) is 10.5. The molecule has 0 spiro atoms. The van der Waals surface area contributed by atoms with Crippen molar-refractivity contribution in [3.63, 3.8) is 0 Å². The standard InChI is InChI=1S/C20H23FN2O3/c1-14(2)23(13-19(24)22-17-8-6-16(21)7-9-17)20(25)12-15-4-10-18(26-3)11-5-15/h4-11,14H,12-13H2,1-3H3,(H,22,24). The first-order valence-electron chi connectivity index (χ1n) is 8.37. The van der Waals surface area contributed by atoms with E-state index >= 15 is 0 Å². The Bertz CT molecular complexity index is 743. The second-order valence-electron chi connectivity index (χ2n) is 6.20. The van der Waals surface area contributed by atoms with Gasteiger partial charge in [0.15, 0.2) is 0 Å². The number of carbonyl (C=O) groups excluding carboxylic acids is 2. The van der Waals surface area contributed by atoms with Crippen molar-refractivity contribution < 1.29 is 18.7 Å². The maximum absolute atomic E-state index is 12.9. The zero-order valence-electron chi connectivity index (χ0n) is 15.2. The molecule has 0 saturated carbocycles. The molecule has 0 heterocycles. The van der Waals surface area contributed by atoms with Crippen molar-refractivity contribution in [1.82, 2.24) is 4.90 Å². The van der Waals surface area contributed by atoms with E-state index < -0.39 is 0 Å². The molecule has 0 fully saturated rings. The molecule has 0 unspecified atom stereocenters. The van der Waals surface area contributed by atoms with Crippen molar-refractivity contribution in [2.24, 2.45) is 0 Å². The first-order valence-corrected chi connectivity index (χ1v) is 8.37. The van der Waals surface area contributed by atoms with E-state index in [0.717, 1.165) is 11.3 Å². The van der Waals surface area contributed by atoms with Crippen molar-refractivity contribution in [2.45, 2.75) is 26.3 Å². The van der Waals surface area contributed by atoms with Gasteiger partial charge in [0.2, 0.25) is 11.8 Å². The second kappa shape index (κ2) is 8.99. The number of methoxy groups -OCH3 is 1. The number of nitrogens with zero attached hydrogens (tertiary/aromatic N) is 1. The number of amides is 2. The Hall–Kier alpha value is -2.89. The summed E-state index contributed by atoms with van der Waals surface area (Å²) in [6, 6.07) is 12.6. The summed E-state index contributed by atoms with van der Waals surface area (Å²) in [6.45, 7) is 3.65. The van der Waals surface area contributed by atoms with Crippen LogP contribution >= 0.6 is 0 Å². The number of rotatable bonds is 7. The fourth-order valence-corrected chi connectivity index (χ4v) is 2.47. The van der Waals surface area contributed by atoms with E-state index in [1.54, 1.807) is 19.2 Å². The lowest BCUT2D eigenvalue weighted by atomic mass is 10.1. The highest BCUT2D eigenvalue weighted by Gasteiger charge is 2.20. The maximum atomic E-state index is 12.9. The third kappa shape index (κ3) is 5.58. The largest absolute Gasteiger partial charge is 0.497 e. The van der Waals surface area contributed by atoms with Gasteiger partial charge in [-0.05, 0) is 55.8 Å². The first kappa shape index (κ1) is 19.4. The summed E-state index contributed by atoms with van der Waals surface area (Å²) in [5, 5.41) is 2.67. The van der Waals surface area contributed by atoms with Gasteiger partial charge in [-0.1, -0.05) is 12.1 Å². The average Bonchev–Trinajstić information content (AvgIpc) is 2.62. The number of anilines is 1. The molecular formula is C20H23FN2O3. The van der Waals surface area contributed by atoms with Crippen molar-refractivity contribution in [2.75, 3.05) is 19.0 Å². The molecular weight excluding hydrogens is 335 g/mol. The van der Waals surface area contributed by atoms with Crippen molar-refractivity contribution in [3.05, 3.63) is 59.9 Å². The van der Waals surface area contributed by atoms with Crippen molar-refractivity contribution >= 4 is 17.5 Å². The number of hydrogen-bond donors (Lipinski definition) is 1. The zero-order valence-corrected chi connectivity index (χ0v) is 15.2. The lowest BCUT2D eigenvalue weighted by molar-refractivity contribution is -0.135. The van der Waals surface area contributed by atoms with Crippen LogP contribution in [-0.2, 0) is 16.0 Å². The zero-order chi connectivity index (χ0) is 19.1. The Morgan fingerprint density at radius 3 is 2.23 bits per heavy atom. The molecule has 2 amide bonds. The van der Waals surface area contributed by atoms with Crippen LogP contribution in [0.4, 0.5) is 10.1 Å². The fourth-order valence-electron chi connectivity index (χ4n) is 2.47. The predicted octanol–water partition coefficient (Wildman–Crippen LogP) is 3.25. The smallest absolute Gasteiger partial charge is 0.244 e. The van der Waals surface area contributed by atoms with Crippen LogP contribution in [0.2, 0.25) is 0 Å². The van der Waals surface area contributed by atoms with E-state index in [4.69, 9.17) is 4.74 Å². The molecule has 26 heavy (non-hydrogen) atoms. The van der Waals surface area contributed by atoms with Gasteiger partial charge < -0.3 is 15.0 Å². The third-order valence-corrected chi connectivity index (χ3v) is 3.90. The van der Waals surface area contributed by atoms with Gasteiger partial charge in [0.25, 0.3) is 0 Å². The number of nitrogens with one attached hydrogen (secondary N) is 1. The van der Waals surface area contributed by atoms with Crippen molar-refractivity contribution in [3.8, 4) is 5.75 Å². The molecule has 2 rings (SSSR count). The lowest BCUT2D eigenvalue weighted by Gasteiger charge is -2.26. The third-order valence-electron chi connectivity index (χ3n) is 3.90. The highest BCUT2D eigenvalue weighted by molar-refractivity contribution is 5.94. The minimum Gasteiger partial charge on any atom is -0.497 e. The van der Waals surface area contributed by atoms with Gasteiger partial charge in [0.1, 0.15) is 18.1 Å². The topological polar surface area (TPSA) is 58.6 Å². The van der Waals surface area contributed by atoms with Gasteiger partial charge in [-0.25, -0.2) is 4.39 Å². The summed E-state index contributed by atoms with van der Waals surface area (Å²) in [4.78, 5) is 26.4. The number of ether oxygens (including phenoxy) is 1. The van der Waals surface area contributed by atoms with E-state index in [9.17, 15) is 14.0 Å². The Balaban J connectivity index is 1.98. The highest BCUT2D eigenvalue weighted by atomic mass is 19.1. The number of hydrogen-bond acceptors (Lipinski definition) is 3. The molecule has 0 aliphatic rings. The van der Waals surface area contributed by atoms with E-state index in [-0.39, 0.29) is 36.6 Å². The minimum absolute atomic E-state index is 0.0654. The van der Waals surface area contributed by atoms with Crippen molar-refractivity contribution in [1.29, 1.82) is 0 Å². The van der Waals surface area contributed by atoms with Crippen LogP contribution in [0.1, 0.15) is 19.4 Å². The second-order valence-corrected chi connectivity index (χ2v) is 6.20. The van der Waals surface area contributed by atoms with Crippen LogP contribution in [-0.4, -0.2) is 36.4 Å². The molecule has 0 atom stereocenters. The first-order chi connectivity index (χ1) is 12.4. The van der Waals surface area contributed by atoms with Gasteiger partial charge >= 0.3 is 0 Å². The Morgan fingerprint density at radius 2 is 1.69 bits per heavy atom. The van der Waals surface area contributed by atoms with Crippen LogP contribution < -0.4 is 10.1 Å². The molecule has 138 valence electrons. The molecule has 2 aromatic rings. The molecule has 0 bridgehead atoms. The lowest BCUT2D eigenvalue weighted by Crippen LogP contribution is -2.43. The minimum atomic E-state index is -0.374. The molecule has 0 aromatic heterocycles. The van der Waals surface area contributed by atoms with Crippen LogP contribution in [0.5, 0.6) is 5.75 Å². The molecule has 6 heteroatoms. The molecule has 0 radical (unpaired) electrons. The van der Waals surface area contributed by atoms with Gasteiger partial charge in [-0.3, -0.25) is 9.59 Å². The molecule has 5 nitrogen and oxygen atoms in total.